The number of hydrogen-bond donors (Lipinski definition) is 1. The molecule has 1 aromatic heterocycles. The monoisotopic (exact) mass is 334 g/mol. The number of aromatic nitrogens is 1. The van der Waals surface area contributed by atoms with E-state index in [1.54, 1.807) is 7.11 Å². The Kier molecular flexibility index (Phi) is 4.89. The van der Waals surface area contributed by atoms with Gasteiger partial charge in [-0.15, -0.1) is 0 Å². The molecule has 1 amide bonds. The van der Waals surface area contributed by atoms with Crippen LogP contribution in [0.15, 0.2) is 60.7 Å². The summed E-state index contributed by atoms with van der Waals surface area (Å²) in [6, 6.07) is 19.6. The van der Waals surface area contributed by atoms with Crippen LogP contribution >= 0.6 is 0 Å². The molecule has 0 aliphatic rings. The number of aryl methyl sites for hydroxylation is 2. The molecule has 25 heavy (non-hydrogen) atoms. The van der Waals surface area contributed by atoms with Crippen molar-refractivity contribution >= 4 is 11.6 Å². The maximum Gasteiger partial charge on any atom is 0.228 e. The number of carbonyl (C=O) groups excluding carboxylic acids is 1. The number of rotatable bonds is 5. The average molecular weight is 334 g/mol. The predicted molar refractivity (Wildman–Crippen MR) is 101 cm³/mol. The van der Waals surface area contributed by atoms with Crippen LogP contribution in [0.2, 0.25) is 0 Å². The van der Waals surface area contributed by atoms with Crippen molar-refractivity contribution in [1.82, 2.24) is 4.57 Å². The minimum atomic E-state index is -0.0359. The Labute approximate surface area is 148 Å². The van der Waals surface area contributed by atoms with E-state index in [0.717, 1.165) is 22.7 Å². The normalized spacial score (nSPS) is 10.5. The molecule has 0 saturated heterocycles. The Bertz CT molecular complexity index is 842. The Morgan fingerprint density at radius 2 is 1.52 bits per heavy atom. The average Bonchev–Trinajstić information content (AvgIpc) is 2.95. The molecule has 0 aliphatic heterocycles. The van der Waals surface area contributed by atoms with Crippen LogP contribution in [0, 0.1) is 13.8 Å². The molecule has 0 atom stereocenters. The van der Waals surface area contributed by atoms with E-state index in [1.807, 2.05) is 48.5 Å². The van der Waals surface area contributed by atoms with Crippen molar-refractivity contribution in [3.05, 3.63) is 77.6 Å². The summed E-state index contributed by atoms with van der Waals surface area (Å²) in [6.45, 7) is 4.16. The van der Waals surface area contributed by atoms with Crippen molar-refractivity contribution in [2.75, 3.05) is 12.4 Å². The summed E-state index contributed by atoms with van der Waals surface area (Å²) in [5.74, 6) is 0.751. The molecule has 2 aromatic carbocycles. The van der Waals surface area contributed by atoms with E-state index in [4.69, 9.17) is 4.74 Å². The largest absolute Gasteiger partial charge is 0.497 e. The van der Waals surface area contributed by atoms with Crippen molar-refractivity contribution in [2.45, 2.75) is 20.3 Å². The SMILES string of the molecule is COc1ccc(CC(=O)Nc2ccc(-n3c(C)ccc3C)cc2)cc1. The summed E-state index contributed by atoms with van der Waals surface area (Å²) in [5, 5.41) is 2.94. The highest BCUT2D eigenvalue weighted by Crippen LogP contribution is 2.19. The number of carbonyl (C=O) groups is 1. The van der Waals surface area contributed by atoms with Crippen LogP contribution in [0.5, 0.6) is 5.75 Å². The first-order valence-electron chi connectivity index (χ1n) is 8.25. The van der Waals surface area contributed by atoms with Gasteiger partial charge in [-0.2, -0.15) is 0 Å². The van der Waals surface area contributed by atoms with Gasteiger partial charge >= 0.3 is 0 Å². The molecule has 0 aliphatic carbocycles. The lowest BCUT2D eigenvalue weighted by molar-refractivity contribution is -0.115. The van der Waals surface area contributed by atoms with Gasteiger partial charge in [-0.3, -0.25) is 4.79 Å². The molecule has 0 unspecified atom stereocenters. The summed E-state index contributed by atoms with van der Waals surface area (Å²) in [5.41, 5.74) is 5.22. The van der Waals surface area contributed by atoms with Gasteiger partial charge in [-0.1, -0.05) is 12.1 Å². The molecular formula is C21H22N2O2. The molecule has 4 heteroatoms. The molecule has 0 bridgehead atoms. The minimum absolute atomic E-state index is 0.0359. The number of nitrogens with zero attached hydrogens (tertiary/aromatic N) is 1. The smallest absolute Gasteiger partial charge is 0.228 e. The van der Waals surface area contributed by atoms with Crippen LogP contribution < -0.4 is 10.1 Å². The maximum atomic E-state index is 12.2. The second kappa shape index (κ2) is 7.26. The van der Waals surface area contributed by atoms with Crippen LogP contribution in [0.3, 0.4) is 0 Å². The van der Waals surface area contributed by atoms with Crippen molar-refractivity contribution in [3.63, 3.8) is 0 Å². The van der Waals surface area contributed by atoms with Crippen LogP contribution in [-0.4, -0.2) is 17.6 Å². The summed E-state index contributed by atoms with van der Waals surface area (Å²) in [7, 11) is 1.63. The van der Waals surface area contributed by atoms with Gasteiger partial charge in [0, 0.05) is 22.8 Å². The first-order chi connectivity index (χ1) is 12.1. The summed E-state index contributed by atoms with van der Waals surface area (Å²) < 4.78 is 7.31. The van der Waals surface area contributed by atoms with Crippen LogP contribution in [0.4, 0.5) is 5.69 Å². The zero-order valence-corrected chi connectivity index (χ0v) is 14.7. The summed E-state index contributed by atoms with van der Waals surface area (Å²) in [4.78, 5) is 12.2. The van der Waals surface area contributed by atoms with E-state index in [2.05, 4.69) is 35.9 Å². The van der Waals surface area contributed by atoms with Crippen LogP contribution in [-0.2, 0) is 11.2 Å². The Morgan fingerprint density at radius 1 is 0.920 bits per heavy atom. The first-order valence-corrected chi connectivity index (χ1v) is 8.25. The lowest BCUT2D eigenvalue weighted by Crippen LogP contribution is -2.14. The second-order valence-corrected chi connectivity index (χ2v) is 6.07. The van der Waals surface area contributed by atoms with Crippen molar-refractivity contribution in [3.8, 4) is 11.4 Å². The lowest BCUT2D eigenvalue weighted by Gasteiger charge is -2.11. The van der Waals surface area contributed by atoms with Crippen molar-refractivity contribution < 1.29 is 9.53 Å². The van der Waals surface area contributed by atoms with Gasteiger partial charge < -0.3 is 14.6 Å². The number of hydrogen-bond acceptors (Lipinski definition) is 2. The molecule has 0 radical (unpaired) electrons. The Balaban J connectivity index is 1.65. The quantitative estimate of drug-likeness (QED) is 0.756. The van der Waals surface area contributed by atoms with E-state index in [-0.39, 0.29) is 5.91 Å². The van der Waals surface area contributed by atoms with Crippen molar-refractivity contribution in [2.24, 2.45) is 0 Å². The highest BCUT2D eigenvalue weighted by atomic mass is 16.5. The molecule has 0 spiro atoms. The van der Waals surface area contributed by atoms with Crippen molar-refractivity contribution in [1.29, 1.82) is 0 Å². The standard InChI is InChI=1S/C21H22N2O2/c1-15-4-5-16(2)23(15)19-10-8-18(9-11-19)22-21(24)14-17-6-12-20(25-3)13-7-17/h4-13H,14H2,1-3H3,(H,22,24). The maximum absolute atomic E-state index is 12.2. The summed E-state index contributed by atoms with van der Waals surface area (Å²) in [6.07, 6.45) is 0.335. The van der Waals surface area contributed by atoms with E-state index >= 15 is 0 Å². The molecule has 0 fully saturated rings. The highest BCUT2D eigenvalue weighted by molar-refractivity contribution is 5.92. The number of methoxy groups -OCH3 is 1. The van der Waals surface area contributed by atoms with E-state index in [9.17, 15) is 4.79 Å². The third-order valence-electron chi connectivity index (χ3n) is 4.20. The third kappa shape index (κ3) is 3.91. The predicted octanol–water partition coefficient (Wildman–Crippen LogP) is 4.28. The molecule has 1 N–H and O–H groups in total. The molecule has 0 saturated carbocycles. The topological polar surface area (TPSA) is 43.3 Å². The molecule has 3 aromatic rings. The van der Waals surface area contributed by atoms with Crippen LogP contribution in [0.25, 0.3) is 5.69 Å². The fourth-order valence-corrected chi connectivity index (χ4v) is 2.90. The van der Waals surface area contributed by atoms with Gasteiger partial charge in [0.2, 0.25) is 5.91 Å². The minimum Gasteiger partial charge on any atom is -0.497 e. The van der Waals surface area contributed by atoms with Gasteiger partial charge in [-0.25, -0.2) is 0 Å². The van der Waals surface area contributed by atoms with Gasteiger partial charge in [-0.05, 0) is 67.9 Å². The summed E-state index contributed by atoms with van der Waals surface area (Å²) >= 11 is 0. The third-order valence-corrected chi connectivity index (χ3v) is 4.20. The Morgan fingerprint density at radius 3 is 2.08 bits per heavy atom. The Hall–Kier alpha value is -3.01. The molecule has 128 valence electrons. The fraction of sp³-hybridized carbons (Fsp3) is 0.190. The van der Waals surface area contributed by atoms with Gasteiger partial charge in [0.05, 0.1) is 13.5 Å². The number of anilines is 1. The highest BCUT2D eigenvalue weighted by Gasteiger charge is 2.07. The zero-order valence-electron chi connectivity index (χ0n) is 14.7. The number of nitrogens with one attached hydrogen (secondary N) is 1. The van der Waals surface area contributed by atoms with Crippen LogP contribution in [0.1, 0.15) is 17.0 Å². The van der Waals surface area contributed by atoms with Gasteiger partial charge in [0.25, 0.3) is 0 Å². The van der Waals surface area contributed by atoms with E-state index in [1.165, 1.54) is 11.4 Å². The zero-order chi connectivity index (χ0) is 17.8. The lowest BCUT2D eigenvalue weighted by atomic mass is 10.1. The van der Waals surface area contributed by atoms with Gasteiger partial charge in [0.1, 0.15) is 5.75 Å². The van der Waals surface area contributed by atoms with E-state index in [0.29, 0.717) is 6.42 Å². The van der Waals surface area contributed by atoms with Gasteiger partial charge in [0.15, 0.2) is 0 Å². The second-order valence-electron chi connectivity index (χ2n) is 6.07. The molecule has 1 heterocycles. The number of amides is 1. The number of benzene rings is 2. The van der Waals surface area contributed by atoms with E-state index < -0.39 is 0 Å². The fourth-order valence-electron chi connectivity index (χ4n) is 2.90. The number of ether oxygens (including phenoxy) is 1. The first kappa shape index (κ1) is 16.8. The molecule has 3 rings (SSSR count). The molecular weight excluding hydrogens is 312 g/mol. The molecule has 4 nitrogen and oxygen atoms in total.